The van der Waals surface area contributed by atoms with E-state index in [1.54, 1.807) is 0 Å². The van der Waals surface area contributed by atoms with Gasteiger partial charge < -0.3 is 5.73 Å². The summed E-state index contributed by atoms with van der Waals surface area (Å²) in [7, 11) is 0. The Labute approximate surface area is 118 Å². The number of carbonyl (C=O) groups is 1. The number of benzene rings is 1. The van der Waals surface area contributed by atoms with E-state index in [0.717, 1.165) is 15.3 Å². The lowest BCUT2D eigenvalue weighted by Crippen LogP contribution is -2.11. The molecule has 0 aliphatic heterocycles. The zero-order valence-electron chi connectivity index (χ0n) is 11.6. The van der Waals surface area contributed by atoms with Crippen molar-refractivity contribution in [2.75, 3.05) is 6.54 Å². The maximum absolute atomic E-state index is 11.5. The molecule has 0 saturated heterocycles. The summed E-state index contributed by atoms with van der Waals surface area (Å²) in [5.74, 6) is 0.00237. The molecule has 0 aliphatic carbocycles. The van der Waals surface area contributed by atoms with Gasteiger partial charge in [0, 0.05) is 4.88 Å². The lowest BCUT2D eigenvalue weighted by atomic mass is 9.86. The number of rotatable bonds is 3. The van der Waals surface area contributed by atoms with Crippen molar-refractivity contribution in [2.45, 2.75) is 26.2 Å². The molecule has 0 saturated carbocycles. The van der Waals surface area contributed by atoms with Crippen LogP contribution in [-0.2, 0) is 5.41 Å². The molecule has 100 valence electrons. The molecule has 0 bridgehead atoms. The molecule has 3 heteroatoms. The third kappa shape index (κ3) is 3.11. The van der Waals surface area contributed by atoms with Gasteiger partial charge in [-0.2, -0.15) is 0 Å². The van der Waals surface area contributed by atoms with Crippen LogP contribution >= 0.6 is 11.3 Å². The Morgan fingerprint density at radius 2 is 1.74 bits per heavy atom. The molecule has 2 nitrogen and oxygen atoms in total. The Balaban J connectivity index is 2.28. The zero-order chi connectivity index (χ0) is 14.0. The van der Waals surface area contributed by atoms with Crippen molar-refractivity contribution in [3.63, 3.8) is 0 Å². The Morgan fingerprint density at radius 3 is 2.26 bits per heavy atom. The monoisotopic (exact) mass is 273 g/mol. The molecule has 0 radical (unpaired) electrons. The molecular weight excluding hydrogens is 254 g/mol. The lowest BCUT2D eigenvalue weighted by molar-refractivity contribution is 0.100. The minimum Gasteiger partial charge on any atom is -0.324 e. The van der Waals surface area contributed by atoms with E-state index in [2.05, 4.69) is 45.0 Å². The molecular formula is C16H19NOS. The summed E-state index contributed by atoms with van der Waals surface area (Å²) < 4.78 is 0. The van der Waals surface area contributed by atoms with Crippen LogP contribution in [0.25, 0.3) is 10.4 Å². The highest BCUT2D eigenvalue weighted by atomic mass is 32.1. The van der Waals surface area contributed by atoms with E-state index < -0.39 is 0 Å². The first-order valence-electron chi connectivity index (χ1n) is 6.36. The minimum atomic E-state index is 0.00237. The third-order valence-electron chi connectivity index (χ3n) is 3.10. The summed E-state index contributed by atoms with van der Waals surface area (Å²) in [6, 6.07) is 12.4. The second-order valence-electron chi connectivity index (χ2n) is 5.62. The van der Waals surface area contributed by atoms with E-state index in [1.807, 2.05) is 12.1 Å². The molecule has 2 N–H and O–H groups in total. The third-order valence-corrected chi connectivity index (χ3v) is 4.28. The smallest absolute Gasteiger partial charge is 0.186 e. The number of thiophene rings is 1. The molecule has 0 atom stereocenters. The van der Waals surface area contributed by atoms with Crippen molar-refractivity contribution in [1.29, 1.82) is 0 Å². The lowest BCUT2D eigenvalue weighted by Gasteiger charge is -2.18. The van der Waals surface area contributed by atoms with Crippen molar-refractivity contribution < 1.29 is 4.79 Å². The normalized spacial score (nSPS) is 11.6. The Morgan fingerprint density at radius 1 is 1.11 bits per heavy atom. The number of ketones is 1. The second kappa shape index (κ2) is 5.27. The van der Waals surface area contributed by atoms with Crippen LogP contribution in [0.2, 0.25) is 0 Å². The van der Waals surface area contributed by atoms with Crippen LogP contribution in [0.4, 0.5) is 0 Å². The Hall–Kier alpha value is -1.45. The molecule has 2 aromatic rings. The highest BCUT2D eigenvalue weighted by Crippen LogP contribution is 2.30. The van der Waals surface area contributed by atoms with Gasteiger partial charge >= 0.3 is 0 Å². The van der Waals surface area contributed by atoms with E-state index in [4.69, 9.17) is 5.73 Å². The predicted molar refractivity (Wildman–Crippen MR) is 81.8 cm³/mol. The fourth-order valence-corrected chi connectivity index (χ4v) is 2.84. The van der Waals surface area contributed by atoms with Gasteiger partial charge in [0.05, 0.1) is 11.4 Å². The van der Waals surface area contributed by atoms with E-state index in [1.165, 1.54) is 16.9 Å². The SMILES string of the molecule is CC(C)(C)c1ccc(-c2ccc(C(=O)CN)s2)cc1. The van der Waals surface area contributed by atoms with E-state index in [9.17, 15) is 4.79 Å². The average Bonchev–Trinajstić information content (AvgIpc) is 2.86. The van der Waals surface area contributed by atoms with Crippen LogP contribution in [0.1, 0.15) is 36.0 Å². The van der Waals surface area contributed by atoms with Crippen LogP contribution in [0, 0.1) is 0 Å². The largest absolute Gasteiger partial charge is 0.324 e. The standard InChI is InChI=1S/C16H19NOS/c1-16(2,3)12-6-4-11(5-7-12)14-8-9-15(19-14)13(18)10-17/h4-9H,10,17H2,1-3H3. The summed E-state index contributed by atoms with van der Waals surface area (Å²) in [5.41, 5.74) is 8.00. The molecule has 0 fully saturated rings. The number of hydrogen-bond donors (Lipinski definition) is 1. The average molecular weight is 273 g/mol. The molecule has 19 heavy (non-hydrogen) atoms. The summed E-state index contributed by atoms with van der Waals surface area (Å²) in [6.07, 6.45) is 0. The van der Waals surface area contributed by atoms with Gasteiger partial charge in [-0.1, -0.05) is 45.0 Å². The highest BCUT2D eigenvalue weighted by molar-refractivity contribution is 7.17. The number of carbonyl (C=O) groups excluding carboxylic acids is 1. The molecule has 0 unspecified atom stereocenters. The number of hydrogen-bond acceptors (Lipinski definition) is 3. The minimum absolute atomic E-state index is 0.00237. The fraction of sp³-hybridized carbons (Fsp3) is 0.312. The maximum atomic E-state index is 11.5. The number of Topliss-reactive ketones (excluding diaryl/α,β-unsaturated/α-hetero) is 1. The quantitative estimate of drug-likeness (QED) is 0.863. The van der Waals surface area contributed by atoms with Crippen LogP contribution in [-0.4, -0.2) is 12.3 Å². The predicted octanol–water partition coefficient (Wildman–Crippen LogP) is 3.85. The van der Waals surface area contributed by atoms with E-state index in [0.29, 0.717) is 0 Å². The van der Waals surface area contributed by atoms with Crippen molar-refractivity contribution in [2.24, 2.45) is 5.73 Å². The number of nitrogens with two attached hydrogens (primary N) is 1. The molecule has 0 aliphatic rings. The molecule has 1 heterocycles. The first kappa shape index (κ1) is 14.0. The maximum Gasteiger partial charge on any atom is 0.186 e. The van der Waals surface area contributed by atoms with Crippen LogP contribution in [0.5, 0.6) is 0 Å². The van der Waals surface area contributed by atoms with Gasteiger partial charge in [-0.05, 0) is 28.7 Å². The highest BCUT2D eigenvalue weighted by Gasteiger charge is 2.14. The molecule has 1 aromatic heterocycles. The van der Waals surface area contributed by atoms with Gasteiger partial charge in [0.1, 0.15) is 0 Å². The molecule has 2 rings (SSSR count). The zero-order valence-corrected chi connectivity index (χ0v) is 12.4. The summed E-state index contributed by atoms with van der Waals surface area (Å²) in [5, 5.41) is 0. The van der Waals surface area contributed by atoms with Crippen molar-refractivity contribution in [3.8, 4) is 10.4 Å². The first-order valence-corrected chi connectivity index (χ1v) is 7.17. The Bertz CT molecular complexity index is 576. The second-order valence-corrected chi connectivity index (χ2v) is 6.70. The first-order chi connectivity index (χ1) is 8.91. The molecule has 0 spiro atoms. The fourth-order valence-electron chi connectivity index (χ4n) is 1.88. The summed E-state index contributed by atoms with van der Waals surface area (Å²) in [4.78, 5) is 13.4. The van der Waals surface area contributed by atoms with Gasteiger partial charge in [0.25, 0.3) is 0 Å². The molecule has 1 aromatic carbocycles. The van der Waals surface area contributed by atoms with E-state index >= 15 is 0 Å². The van der Waals surface area contributed by atoms with Gasteiger partial charge in [0.2, 0.25) is 0 Å². The van der Waals surface area contributed by atoms with Gasteiger partial charge in [-0.3, -0.25) is 4.79 Å². The van der Waals surface area contributed by atoms with Crippen LogP contribution in [0.15, 0.2) is 36.4 Å². The van der Waals surface area contributed by atoms with Crippen LogP contribution < -0.4 is 5.73 Å². The van der Waals surface area contributed by atoms with Crippen LogP contribution in [0.3, 0.4) is 0 Å². The Kier molecular flexibility index (Phi) is 3.88. The summed E-state index contributed by atoms with van der Waals surface area (Å²) in [6.45, 7) is 6.67. The topological polar surface area (TPSA) is 43.1 Å². The van der Waals surface area contributed by atoms with Gasteiger partial charge in [-0.25, -0.2) is 0 Å². The van der Waals surface area contributed by atoms with Crippen molar-refractivity contribution >= 4 is 17.1 Å². The van der Waals surface area contributed by atoms with Gasteiger partial charge in [0.15, 0.2) is 5.78 Å². The van der Waals surface area contributed by atoms with Gasteiger partial charge in [-0.15, -0.1) is 11.3 Å². The summed E-state index contributed by atoms with van der Waals surface area (Å²) >= 11 is 1.50. The van der Waals surface area contributed by atoms with E-state index in [-0.39, 0.29) is 17.7 Å². The van der Waals surface area contributed by atoms with Crippen molar-refractivity contribution in [1.82, 2.24) is 0 Å². The van der Waals surface area contributed by atoms with Crippen molar-refractivity contribution in [3.05, 3.63) is 46.8 Å². The molecule has 0 amide bonds.